The molecular formula is C22H30N4O3S. The van der Waals surface area contributed by atoms with Crippen LogP contribution in [0.2, 0.25) is 0 Å². The highest BCUT2D eigenvalue weighted by atomic mass is 32.2. The average molecular weight is 431 g/mol. The molecule has 1 heterocycles. The van der Waals surface area contributed by atoms with E-state index in [1.165, 1.54) is 10.7 Å². The molecule has 0 bridgehead atoms. The Morgan fingerprint density at radius 2 is 1.70 bits per heavy atom. The number of hydrogen-bond donors (Lipinski definition) is 0. The van der Waals surface area contributed by atoms with Gasteiger partial charge in [0, 0.05) is 45.5 Å². The number of aryl methyl sites for hydroxylation is 1. The van der Waals surface area contributed by atoms with Crippen molar-refractivity contribution < 1.29 is 13.2 Å². The Labute approximate surface area is 179 Å². The minimum Gasteiger partial charge on any atom is -0.373 e. The summed E-state index contributed by atoms with van der Waals surface area (Å²) < 4.78 is 27.1. The van der Waals surface area contributed by atoms with E-state index in [1.54, 1.807) is 42.4 Å². The maximum Gasteiger partial charge on any atom is 0.265 e. The summed E-state index contributed by atoms with van der Waals surface area (Å²) in [5.74, 6) is -0.251. The molecule has 1 aromatic rings. The van der Waals surface area contributed by atoms with Crippen molar-refractivity contribution in [1.82, 2.24) is 14.1 Å². The molecular weight excluding hydrogens is 400 g/mol. The van der Waals surface area contributed by atoms with Gasteiger partial charge < -0.3 is 9.80 Å². The summed E-state index contributed by atoms with van der Waals surface area (Å²) in [7, 11) is -1.76. The number of benzene rings is 1. The van der Waals surface area contributed by atoms with E-state index in [0.29, 0.717) is 31.1 Å². The summed E-state index contributed by atoms with van der Waals surface area (Å²) >= 11 is 0. The minimum atomic E-state index is -3.53. The monoisotopic (exact) mass is 430 g/mol. The van der Waals surface area contributed by atoms with Gasteiger partial charge in [0.05, 0.1) is 4.90 Å². The molecule has 0 N–H and O–H groups in total. The third-order valence-electron chi connectivity index (χ3n) is 6.04. The lowest BCUT2D eigenvalue weighted by molar-refractivity contribution is -0.128. The second-order valence-electron chi connectivity index (χ2n) is 8.12. The fourth-order valence-corrected chi connectivity index (χ4v) is 5.49. The molecule has 0 aromatic heterocycles. The summed E-state index contributed by atoms with van der Waals surface area (Å²) in [4.78, 5) is 16.6. The van der Waals surface area contributed by atoms with Crippen LogP contribution in [0.5, 0.6) is 0 Å². The zero-order chi connectivity index (χ0) is 21.7. The molecule has 0 atom stereocenters. The lowest BCUT2D eigenvalue weighted by atomic mass is 9.94. The second-order valence-corrected chi connectivity index (χ2v) is 10.1. The van der Waals surface area contributed by atoms with Crippen LogP contribution in [-0.2, 0) is 14.8 Å². The molecule has 2 fully saturated rings. The van der Waals surface area contributed by atoms with Crippen LogP contribution in [0, 0.1) is 18.3 Å². The first-order chi connectivity index (χ1) is 14.3. The molecule has 8 heteroatoms. The quantitative estimate of drug-likeness (QED) is 0.529. The Morgan fingerprint density at radius 3 is 2.27 bits per heavy atom. The van der Waals surface area contributed by atoms with E-state index >= 15 is 0 Å². The molecule has 1 amide bonds. The largest absolute Gasteiger partial charge is 0.373 e. The molecule has 7 nitrogen and oxygen atoms in total. The van der Waals surface area contributed by atoms with Crippen molar-refractivity contribution >= 4 is 15.9 Å². The molecule has 3 rings (SSSR count). The molecule has 2 aliphatic rings. The average Bonchev–Trinajstić information content (AvgIpc) is 2.77. The van der Waals surface area contributed by atoms with Crippen LogP contribution in [0.4, 0.5) is 0 Å². The molecule has 0 radical (unpaired) electrons. The van der Waals surface area contributed by atoms with Crippen LogP contribution >= 0.6 is 0 Å². The normalized spacial score (nSPS) is 19.4. The number of carbonyl (C=O) groups is 1. The van der Waals surface area contributed by atoms with Crippen molar-refractivity contribution in [3.8, 4) is 6.07 Å². The summed E-state index contributed by atoms with van der Waals surface area (Å²) in [6.07, 6.45) is 7.00. The van der Waals surface area contributed by atoms with Gasteiger partial charge in [-0.05, 0) is 31.9 Å². The predicted octanol–water partition coefficient (Wildman–Crippen LogP) is 2.50. The Morgan fingerprint density at radius 1 is 1.10 bits per heavy atom. The summed E-state index contributed by atoms with van der Waals surface area (Å²) in [6.45, 7) is 3.44. The number of likely N-dealkylation sites (N-methyl/N-ethyl adjacent to an activating group) is 1. The third-order valence-corrected chi connectivity index (χ3v) is 7.95. The molecule has 1 saturated carbocycles. The van der Waals surface area contributed by atoms with Crippen molar-refractivity contribution in [1.29, 1.82) is 5.26 Å². The number of nitrogens with zero attached hydrogens (tertiary/aromatic N) is 4. The van der Waals surface area contributed by atoms with E-state index in [0.717, 1.165) is 31.2 Å². The minimum absolute atomic E-state index is 0.109. The van der Waals surface area contributed by atoms with Crippen molar-refractivity contribution in [2.45, 2.75) is 50.0 Å². The van der Waals surface area contributed by atoms with Crippen LogP contribution in [-0.4, -0.2) is 67.7 Å². The number of hydrogen-bond acceptors (Lipinski definition) is 5. The van der Waals surface area contributed by atoms with E-state index < -0.39 is 10.0 Å². The van der Waals surface area contributed by atoms with Gasteiger partial charge in [-0.25, -0.2) is 8.42 Å². The third kappa shape index (κ3) is 5.02. The summed E-state index contributed by atoms with van der Waals surface area (Å²) in [6, 6.07) is 9.07. The number of amides is 1. The van der Waals surface area contributed by atoms with E-state index in [1.807, 2.05) is 17.9 Å². The van der Waals surface area contributed by atoms with E-state index in [4.69, 9.17) is 0 Å². The van der Waals surface area contributed by atoms with Gasteiger partial charge in [-0.1, -0.05) is 37.0 Å². The van der Waals surface area contributed by atoms with Crippen molar-refractivity contribution in [3.05, 3.63) is 41.6 Å². The van der Waals surface area contributed by atoms with Gasteiger partial charge in [-0.15, -0.1) is 0 Å². The molecule has 1 saturated heterocycles. The fraction of sp³-hybridized carbons (Fsp3) is 0.545. The standard InChI is InChI=1S/C22H30N4O3S/c1-18-8-10-21(11-9-18)30(28,29)26-14-12-25(13-15-26)17-19(16-23)22(27)24(2)20-6-4-3-5-7-20/h8-11,17,20H,3-7,12-15H2,1-2H3/b19-17-. The molecule has 1 aliphatic carbocycles. The lowest BCUT2D eigenvalue weighted by Crippen LogP contribution is -2.47. The summed E-state index contributed by atoms with van der Waals surface area (Å²) in [5.41, 5.74) is 1.12. The Bertz CT molecular complexity index is 920. The highest BCUT2D eigenvalue weighted by Gasteiger charge is 2.29. The van der Waals surface area contributed by atoms with Gasteiger partial charge in [0.1, 0.15) is 11.6 Å². The van der Waals surface area contributed by atoms with Crippen LogP contribution in [0.25, 0.3) is 0 Å². The first kappa shape index (κ1) is 22.3. The van der Waals surface area contributed by atoms with Crippen molar-refractivity contribution in [3.63, 3.8) is 0 Å². The lowest BCUT2D eigenvalue weighted by Gasteiger charge is -2.34. The molecule has 1 aromatic carbocycles. The van der Waals surface area contributed by atoms with Crippen molar-refractivity contribution in [2.75, 3.05) is 33.2 Å². The van der Waals surface area contributed by atoms with Gasteiger partial charge in [0.2, 0.25) is 10.0 Å². The molecule has 162 valence electrons. The second kappa shape index (κ2) is 9.63. The Balaban J connectivity index is 1.63. The number of carbonyl (C=O) groups excluding carboxylic acids is 1. The number of piperazine rings is 1. The van der Waals surface area contributed by atoms with Gasteiger partial charge >= 0.3 is 0 Å². The van der Waals surface area contributed by atoms with Gasteiger partial charge in [0.15, 0.2) is 0 Å². The van der Waals surface area contributed by atoms with Crippen LogP contribution in [0.3, 0.4) is 0 Å². The first-order valence-electron chi connectivity index (χ1n) is 10.5. The van der Waals surface area contributed by atoms with Crippen molar-refractivity contribution in [2.24, 2.45) is 0 Å². The van der Waals surface area contributed by atoms with E-state index in [9.17, 15) is 18.5 Å². The smallest absolute Gasteiger partial charge is 0.265 e. The SMILES string of the molecule is Cc1ccc(S(=O)(=O)N2CCN(/C=C(/C#N)C(=O)N(C)C3CCCCC3)CC2)cc1. The fourth-order valence-electron chi connectivity index (χ4n) is 4.07. The number of sulfonamides is 1. The van der Waals surface area contributed by atoms with Crippen LogP contribution in [0.15, 0.2) is 40.9 Å². The van der Waals surface area contributed by atoms with Crippen LogP contribution < -0.4 is 0 Å². The maximum atomic E-state index is 12.8. The van der Waals surface area contributed by atoms with Gasteiger partial charge in [0.25, 0.3) is 5.91 Å². The first-order valence-corrected chi connectivity index (χ1v) is 12.0. The maximum absolute atomic E-state index is 12.8. The molecule has 1 aliphatic heterocycles. The highest BCUT2D eigenvalue weighted by Crippen LogP contribution is 2.23. The zero-order valence-electron chi connectivity index (χ0n) is 17.7. The predicted molar refractivity (Wildman–Crippen MR) is 115 cm³/mol. The van der Waals surface area contributed by atoms with Gasteiger partial charge in [-0.3, -0.25) is 4.79 Å². The molecule has 30 heavy (non-hydrogen) atoms. The van der Waals surface area contributed by atoms with E-state index in [-0.39, 0.29) is 17.5 Å². The topological polar surface area (TPSA) is 84.7 Å². The molecule has 0 spiro atoms. The zero-order valence-corrected chi connectivity index (χ0v) is 18.6. The molecule has 0 unspecified atom stereocenters. The Kier molecular flexibility index (Phi) is 7.16. The van der Waals surface area contributed by atoms with Crippen LogP contribution in [0.1, 0.15) is 37.7 Å². The van der Waals surface area contributed by atoms with Gasteiger partial charge in [-0.2, -0.15) is 9.57 Å². The number of nitriles is 1. The summed E-state index contributed by atoms with van der Waals surface area (Å²) in [5, 5.41) is 9.53. The number of rotatable bonds is 5. The Hall–Kier alpha value is -2.37. The van der Waals surface area contributed by atoms with E-state index in [2.05, 4.69) is 0 Å². The highest BCUT2D eigenvalue weighted by molar-refractivity contribution is 7.89.